The highest BCUT2D eigenvalue weighted by molar-refractivity contribution is 6.00. The number of benzene rings is 3. The van der Waals surface area contributed by atoms with Crippen LogP contribution < -0.4 is 5.32 Å². The molecule has 0 aliphatic carbocycles. The van der Waals surface area contributed by atoms with Gasteiger partial charge in [-0.15, -0.1) is 0 Å². The second-order valence-electron chi connectivity index (χ2n) is 11.7. The van der Waals surface area contributed by atoms with Crippen LogP contribution in [-0.4, -0.2) is 54.1 Å². The number of nitro groups is 1. The van der Waals surface area contributed by atoms with E-state index >= 15 is 0 Å². The summed E-state index contributed by atoms with van der Waals surface area (Å²) in [6.07, 6.45) is 0.634. The predicted octanol–water partition coefficient (Wildman–Crippen LogP) is 5.84. The zero-order chi connectivity index (χ0) is 31.4. The van der Waals surface area contributed by atoms with Crippen LogP contribution in [0.25, 0.3) is 0 Å². The number of nitrogens with zero attached hydrogens (tertiary/aromatic N) is 2. The van der Waals surface area contributed by atoms with Crippen molar-refractivity contribution >= 4 is 17.6 Å². The molecule has 228 valence electrons. The van der Waals surface area contributed by atoms with Gasteiger partial charge in [0.15, 0.2) is 0 Å². The summed E-state index contributed by atoms with van der Waals surface area (Å²) in [6.45, 7) is 7.43. The van der Waals surface area contributed by atoms with Crippen molar-refractivity contribution in [3.63, 3.8) is 0 Å². The number of hydrogen-bond donors (Lipinski definition) is 1. The number of non-ortho nitro benzene ring substituents is 1. The molecular weight excluding hydrogens is 558 g/mol. The standard InChI is InChI=1S/C35H37N3O6/c1-23-30(33(39)43-4)32(27-16-11-17-28(20-27)38(41)42)31(24(2)36-23)34(40)44-35(3)18-19-37(22-35)21-29(25-12-7-5-8-13-25)26-14-9-6-10-15-26/h5-17,20,29,32,36H,18-19,21-22H2,1-4H3. The lowest BCUT2D eigenvalue weighted by Gasteiger charge is -2.33. The monoisotopic (exact) mass is 595 g/mol. The first-order valence-corrected chi connectivity index (χ1v) is 14.7. The SMILES string of the molecule is COC(=O)C1=C(C)NC(C)=C(C(=O)OC2(C)CCN(CC(c3ccccc3)c3ccccc3)C2)C1c1cccc([N+](=O)[O-])c1. The molecule has 44 heavy (non-hydrogen) atoms. The number of esters is 2. The lowest BCUT2D eigenvalue weighted by molar-refractivity contribution is -0.384. The molecule has 5 rings (SSSR count). The largest absolute Gasteiger partial charge is 0.466 e. The molecule has 0 radical (unpaired) electrons. The number of hydrogen-bond acceptors (Lipinski definition) is 8. The Morgan fingerprint density at radius 3 is 2.11 bits per heavy atom. The molecule has 1 fully saturated rings. The van der Waals surface area contributed by atoms with Gasteiger partial charge in [-0.25, -0.2) is 9.59 Å². The third kappa shape index (κ3) is 6.43. The number of ether oxygens (including phenoxy) is 2. The average Bonchev–Trinajstić information content (AvgIpc) is 3.39. The van der Waals surface area contributed by atoms with Crippen LogP contribution in [0.3, 0.4) is 0 Å². The van der Waals surface area contributed by atoms with Gasteiger partial charge in [-0.1, -0.05) is 72.8 Å². The van der Waals surface area contributed by atoms with Gasteiger partial charge in [-0.2, -0.15) is 0 Å². The molecule has 2 heterocycles. The number of carbonyl (C=O) groups is 2. The molecule has 2 aliphatic rings. The average molecular weight is 596 g/mol. The summed E-state index contributed by atoms with van der Waals surface area (Å²) in [5.74, 6) is -1.96. The highest BCUT2D eigenvalue weighted by atomic mass is 16.6. The summed E-state index contributed by atoms with van der Waals surface area (Å²) < 4.78 is 11.3. The molecule has 1 N–H and O–H groups in total. The quantitative estimate of drug-likeness (QED) is 0.187. The number of rotatable bonds is 9. The second kappa shape index (κ2) is 12.9. The van der Waals surface area contributed by atoms with Gasteiger partial charge in [0.05, 0.1) is 29.1 Å². The first-order valence-electron chi connectivity index (χ1n) is 14.7. The first-order chi connectivity index (χ1) is 21.1. The molecule has 0 aromatic heterocycles. The molecule has 2 atom stereocenters. The fraction of sp³-hybridized carbons (Fsp3) is 0.314. The lowest BCUT2D eigenvalue weighted by atomic mass is 9.80. The van der Waals surface area contributed by atoms with E-state index in [0.29, 0.717) is 29.9 Å². The van der Waals surface area contributed by atoms with Crippen LogP contribution in [-0.2, 0) is 19.1 Å². The lowest BCUT2D eigenvalue weighted by Crippen LogP contribution is -2.39. The van der Waals surface area contributed by atoms with Crippen molar-refractivity contribution in [2.75, 3.05) is 26.7 Å². The van der Waals surface area contributed by atoms with Crippen molar-refractivity contribution in [3.8, 4) is 0 Å². The number of dihydropyridines is 1. The second-order valence-corrected chi connectivity index (χ2v) is 11.7. The Morgan fingerprint density at radius 2 is 1.55 bits per heavy atom. The maximum absolute atomic E-state index is 14.1. The Morgan fingerprint density at radius 1 is 0.955 bits per heavy atom. The highest BCUT2D eigenvalue weighted by Crippen LogP contribution is 2.41. The molecule has 9 nitrogen and oxygen atoms in total. The van der Waals surface area contributed by atoms with Crippen LogP contribution in [0, 0.1) is 10.1 Å². The Bertz CT molecular complexity index is 1580. The smallest absolute Gasteiger partial charge is 0.337 e. The van der Waals surface area contributed by atoms with Gasteiger partial charge >= 0.3 is 11.9 Å². The van der Waals surface area contributed by atoms with E-state index in [-0.39, 0.29) is 22.8 Å². The van der Waals surface area contributed by atoms with Crippen molar-refractivity contribution in [1.29, 1.82) is 0 Å². The molecule has 0 saturated carbocycles. The van der Waals surface area contributed by atoms with Gasteiger partial charge in [0.1, 0.15) is 5.60 Å². The predicted molar refractivity (Wildman–Crippen MR) is 167 cm³/mol. The van der Waals surface area contributed by atoms with E-state index in [9.17, 15) is 19.7 Å². The van der Waals surface area contributed by atoms with Crippen LogP contribution in [0.2, 0.25) is 0 Å². The van der Waals surface area contributed by atoms with Crippen LogP contribution in [0.1, 0.15) is 55.7 Å². The summed E-state index contributed by atoms with van der Waals surface area (Å²) in [7, 11) is 1.27. The molecule has 1 saturated heterocycles. The number of likely N-dealkylation sites (tertiary alicyclic amines) is 1. The van der Waals surface area contributed by atoms with Crippen molar-refractivity contribution in [2.24, 2.45) is 0 Å². The van der Waals surface area contributed by atoms with Crippen LogP contribution in [0.4, 0.5) is 5.69 Å². The molecule has 3 aromatic rings. The third-order valence-corrected chi connectivity index (χ3v) is 8.50. The summed E-state index contributed by atoms with van der Waals surface area (Å²) in [6, 6.07) is 26.8. The van der Waals surface area contributed by atoms with E-state index < -0.39 is 28.4 Å². The van der Waals surface area contributed by atoms with Crippen LogP contribution in [0.15, 0.2) is 107 Å². The minimum absolute atomic E-state index is 0.141. The Labute approximate surface area is 257 Å². The molecule has 0 spiro atoms. The van der Waals surface area contributed by atoms with E-state index in [1.54, 1.807) is 26.0 Å². The summed E-state index contributed by atoms with van der Waals surface area (Å²) in [4.78, 5) is 40.5. The Balaban J connectivity index is 1.41. The fourth-order valence-electron chi connectivity index (χ4n) is 6.37. The van der Waals surface area contributed by atoms with Crippen LogP contribution in [0.5, 0.6) is 0 Å². The molecular formula is C35H37N3O6. The number of allylic oxidation sites excluding steroid dienone is 2. The normalized spacial score (nSPS) is 20.4. The van der Waals surface area contributed by atoms with Gasteiger partial charge < -0.3 is 14.8 Å². The van der Waals surface area contributed by atoms with Crippen molar-refractivity contribution in [2.45, 2.75) is 44.6 Å². The van der Waals surface area contributed by atoms with Gasteiger partial charge in [-0.05, 0) is 37.5 Å². The molecule has 0 bridgehead atoms. The minimum Gasteiger partial charge on any atom is -0.466 e. The number of nitro benzene ring substituents is 1. The van der Waals surface area contributed by atoms with Crippen LogP contribution >= 0.6 is 0 Å². The number of carbonyl (C=O) groups excluding carboxylic acids is 2. The van der Waals surface area contributed by atoms with E-state index in [2.05, 4.69) is 34.5 Å². The molecule has 9 heteroatoms. The summed E-state index contributed by atoms with van der Waals surface area (Å²) in [5, 5.41) is 14.7. The third-order valence-electron chi connectivity index (χ3n) is 8.50. The zero-order valence-electron chi connectivity index (χ0n) is 25.4. The fourth-order valence-corrected chi connectivity index (χ4v) is 6.37. The van der Waals surface area contributed by atoms with E-state index in [1.165, 1.54) is 30.4 Å². The van der Waals surface area contributed by atoms with Gasteiger partial charge in [-0.3, -0.25) is 15.0 Å². The summed E-state index contributed by atoms with van der Waals surface area (Å²) in [5.41, 5.74) is 3.40. The van der Waals surface area contributed by atoms with Gasteiger partial charge in [0, 0.05) is 55.5 Å². The molecule has 3 aromatic carbocycles. The van der Waals surface area contributed by atoms with Gasteiger partial charge in [0.25, 0.3) is 5.69 Å². The number of methoxy groups -OCH3 is 1. The Hall–Kier alpha value is -4.76. The van der Waals surface area contributed by atoms with E-state index in [1.807, 2.05) is 43.3 Å². The van der Waals surface area contributed by atoms with Crippen molar-refractivity contribution in [3.05, 3.63) is 134 Å². The summed E-state index contributed by atoms with van der Waals surface area (Å²) >= 11 is 0. The molecule has 0 amide bonds. The molecule has 2 aliphatic heterocycles. The number of nitrogens with one attached hydrogen (secondary N) is 1. The van der Waals surface area contributed by atoms with Crippen molar-refractivity contribution < 1.29 is 24.0 Å². The topological polar surface area (TPSA) is 111 Å². The zero-order valence-corrected chi connectivity index (χ0v) is 25.4. The maximum Gasteiger partial charge on any atom is 0.337 e. The molecule has 2 unspecified atom stereocenters. The van der Waals surface area contributed by atoms with E-state index in [0.717, 1.165) is 13.1 Å². The minimum atomic E-state index is -0.905. The first kappa shape index (κ1) is 30.7. The van der Waals surface area contributed by atoms with Crippen molar-refractivity contribution in [1.82, 2.24) is 10.2 Å². The maximum atomic E-state index is 14.1. The van der Waals surface area contributed by atoms with Gasteiger partial charge in [0.2, 0.25) is 0 Å². The van der Waals surface area contributed by atoms with E-state index in [4.69, 9.17) is 9.47 Å². The highest BCUT2D eigenvalue weighted by Gasteiger charge is 2.43. The Kier molecular flexibility index (Phi) is 8.96.